The van der Waals surface area contributed by atoms with Crippen molar-refractivity contribution >= 4 is 17.9 Å². The molecule has 0 fully saturated rings. The van der Waals surface area contributed by atoms with E-state index in [2.05, 4.69) is 15.0 Å². The maximum atomic E-state index is 13.3. The van der Waals surface area contributed by atoms with E-state index in [0.29, 0.717) is 0 Å². The van der Waals surface area contributed by atoms with Crippen molar-refractivity contribution in [3.05, 3.63) is 41.5 Å². The molecule has 0 radical (unpaired) electrons. The third-order valence-electron chi connectivity index (χ3n) is 2.37. The van der Waals surface area contributed by atoms with Gasteiger partial charge < -0.3 is 16.2 Å². The molecule has 0 unspecified atom stereocenters. The molecule has 104 valence electrons. The van der Waals surface area contributed by atoms with Gasteiger partial charge in [-0.2, -0.15) is 15.0 Å². The van der Waals surface area contributed by atoms with Crippen molar-refractivity contribution in [2.75, 3.05) is 11.5 Å². The normalized spacial score (nSPS) is 10.2. The number of nitrogens with two attached hydrogens (primary N) is 2. The van der Waals surface area contributed by atoms with Crippen LogP contribution in [0.25, 0.3) is 0 Å². The Bertz CT molecular complexity index is 615. The van der Waals surface area contributed by atoms with E-state index in [1.807, 2.05) is 0 Å². The van der Waals surface area contributed by atoms with Gasteiger partial charge >= 0.3 is 5.97 Å². The molecule has 0 atom stereocenters. The maximum Gasteiger partial charge on any atom is 0.310 e. The second kappa shape index (κ2) is 5.91. The van der Waals surface area contributed by atoms with Gasteiger partial charge in [-0.15, -0.1) is 0 Å². The Hall–Kier alpha value is -2.77. The fraction of sp³-hybridized carbons (Fsp3) is 0.167. The molecule has 1 heterocycles. The lowest BCUT2D eigenvalue weighted by Gasteiger charge is -2.05. The summed E-state index contributed by atoms with van der Waals surface area (Å²) in [4.78, 5) is 22.7. The largest absolute Gasteiger partial charge is 0.457 e. The van der Waals surface area contributed by atoms with Crippen molar-refractivity contribution in [3.63, 3.8) is 0 Å². The zero-order chi connectivity index (χ0) is 14.5. The van der Waals surface area contributed by atoms with Crippen LogP contribution in [0.15, 0.2) is 24.3 Å². The summed E-state index contributed by atoms with van der Waals surface area (Å²) in [7, 11) is 0. The summed E-state index contributed by atoms with van der Waals surface area (Å²) in [6.07, 6.45) is -0.178. The molecule has 2 aromatic rings. The molecule has 20 heavy (non-hydrogen) atoms. The van der Waals surface area contributed by atoms with E-state index < -0.39 is 11.8 Å². The number of nitrogens with zero attached hydrogens (tertiary/aromatic N) is 3. The summed E-state index contributed by atoms with van der Waals surface area (Å²) in [6.45, 7) is -0.204. The first-order valence-electron chi connectivity index (χ1n) is 5.69. The quantitative estimate of drug-likeness (QED) is 0.779. The minimum atomic E-state index is -0.604. The highest BCUT2D eigenvalue weighted by Gasteiger charge is 2.10. The smallest absolute Gasteiger partial charge is 0.310 e. The Balaban J connectivity index is 1.94. The number of hydrogen-bond donors (Lipinski definition) is 2. The second-order valence-corrected chi connectivity index (χ2v) is 3.90. The maximum absolute atomic E-state index is 13.3. The summed E-state index contributed by atoms with van der Waals surface area (Å²) >= 11 is 0. The molecular formula is C12H12FN5O2. The van der Waals surface area contributed by atoms with Gasteiger partial charge in [-0.25, -0.2) is 4.39 Å². The van der Waals surface area contributed by atoms with Gasteiger partial charge in [0.2, 0.25) is 11.9 Å². The van der Waals surface area contributed by atoms with Crippen LogP contribution in [-0.4, -0.2) is 20.9 Å². The van der Waals surface area contributed by atoms with Gasteiger partial charge in [0.1, 0.15) is 5.82 Å². The van der Waals surface area contributed by atoms with E-state index in [4.69, 9.17) is 16.2 Å². The van der Waals surface area contributed by atoms with Crippen molar-refractivity contribution in [1.29, 1.82) is 0 Å². The summed E-state index contributed by atoms with van der Waals surface area (Å²) < 4.78 is 18.3. The Morgan fingerprint density at radius 3 is 2.45 bits per heavy atom. The van der Waals surface area contributed by atoms with Crippen LogP contribution in [-0.2, 0) is 22.6 Å². The third-order valence-corrected chi connectivity index (χ3v) is 2.37. The van der Waals surface area contributed by atoms with Gasteiger partial charge in [0, 0.05) is 0 Å². The number of halogens is 1. The molecule has 2 rings (SSSR count). The van der Waals surface area contributed by atoms with Crippen molar-refractivity contribution in [2.24, 2.45) is 0 Å². The first kappa shape index (κ1) is 13.7. The highest BCUT2D eigenvalue weighted by Crippen LogP contribution is 2.08. The summed E-state index contributed by atoms with van der Waals surface area (Å²) in [5, 5.41) is 0. The first-order valence-corrected chi connectivity index (χ1v) is 5.69. The van der Waals surface area contributed by atoms with Crippen LogP contribution in [0.2, 0.25) is 0 Å². The van der Waals surface area contributed by atoms with Crippen molar-refractivity contribution < 1.29 is 13.9 Å². The zero-order valence-electron chi connectivity index (χ0n) is 10.4. The summed E-state index contributed by atoms with van der Waals surface area (Å²) in [6, 6.07) is 5.96. The Labute approximate surface area is 113 Å². The Kier molecular flexibility index (Phi) is 4.04. The molecule has 1 aromatic carbocycles. The minimum absolute atomic E-state index is 0.0577. The summed E-state index contributed by atoms with van der Waals surface area (Å²) in [5.41, 5.74) is 11.0. The average molecular weight is 277 g/mol. The summed E-state index contributed by atoms with van der Waals surface area (Å²) in [5.74, 6) is -1.04. The van der Waals surface area contributed by atoms with E-state index in [0.717, 1.165) is 0 Å². The molecule has 0 aliphatic carbocycles. The zero-order valence-corrected chi connectivity index (χ0v) is 10.4. The van der Waals surface area contributed by atoms with Crippen LogP contribution in [0.1, 0.15) is 11.4 Å². The number of benzene rings is 1. The number of anilines is 2. The molecule has 0 aliphatic rings. The van der Waals surface area contributed by atoms with Crippen LogP contribution in [0.4, 0.5) is 16.3 Å². The van der Waals surface area contributed by atoms with Gasteiger partial charge in [-0.1, -0.05) is 18.2 Å². The number of aromatic nitrogens is 3. The lowest BCUT2D eigenvalue weighted by Crippen LogP contribution is -2.12. The highest BCUT2D eigenvalue weighted by atomic mass is 19.1. The monoisotopic (exact) mass is 277 g/mol. The standard InChI is InChI=1S/C12H12FN5O2/c13-8-4-2-1-3-7(8)5-10(19)20-6-9-16-11(14)18-12(15)17-9/h1-4H,5-6H2,(H4,14,15,16,17,18). The van der Waals surface area contributed by atoms with Crippen LogP contribution in [0.3, 0.4) is 0 Å². The number of nitrogen functional groups attached to an aromatic ring is 2. The fourth-order valence-corrected chi connectivity index (χ4v) is 1.51. The van der Waals surface area contributed by atoms with E-state index in [1.165, 1.54) is 12.1 Å². The number of hydrogen-bond acceptors (Lipinski definition) is 7. The molecule has 0 bridgehead atoms. The molecule has 0 saturated carbocycles. The molecule has 0 saturated heterocycles. The van der Waals surface area contributed by atoms with E-state index >= 15 is 0 Å². The van der Waals surface area contributed by atoms with Crippen LogP contribution in [0, 0.1) is 5.82 Å². The van der Waals surface area contributed by atoms with Crippen molar-refractivity contribution in [3.8, 4) is 0 Å². The predicted molar refractivity (Wildman–Crippen MR) is 68.6 cm³/mol. The second-order valence-electron chi connectivity index (χ2n) is 3.90. The molecule has 0 amide bonds. The number of ether oxygens (including phenoxy) is 1. The molecule has 4 N–H and O–H groups in total. The number of carbonyl (C=O) groups is 1. The fourth-order valence-electron chi connectivity index (χ4n) is 1.51. The van der Waals surface area contributed by atoms with Crippen LogP contribution >= 0.6 is 0 Å². The first-order chi connectivity index (χ1) is 9.54. The molecule has 0 spiro atoms. The minimum Gasteiger partial charge on any atom is -0.457 e. The van der Waals surface area contributed by atoms with Gasteiger partial charge in [0.15, 0.2) is 12.4 Å². The lowest BCUT2D eigenvalue weighted by atomic mass is 10.1. The predicted octanol–water partition coefficient (Wildman–Crippen LogP) is 0.461. The van der Waals surface area contributed by atoms with Gasteiger partial charge in [-0.05, 0) is 11.6 Å². The third kappa shape index (κ3) is 3.61. The van der Waals surface area contributed by atoms with E-state index in [1.54, 1.807) is 12.1 Å². The molecule has 0 aliphatic heterocycles. The number of rotatable bonds is 4. The average Bonchev–Trinajstić information content (AvgIpc) is 2.38. The molecule has 1 aromatic heterocycles. The van der Waals surface area contributed by atoms with Crippen LogP contribution in [0.5, 0.6) is 0 Å². The molecule has 8 heteroatoms. The highest BCUT2D eigenvalue weighted by molar-refractivity contribution is 5.72. The number of carbonyl (C=O) groups excluding carboxylic acids is 1. The Morgan fingerprint density at radius 1 is 1.15 bits per heavy atom. The molecule has 7 nitrogen and oxygen atoms in total. The van der Waals surface area contributed by atoms with Gasteiger partial charge in [0.25, 0.3) is 0 Å². The van der Waals surface area contributed by atoms with Gasteiger partial charge in [-0.3, -0.25) is 4.79 Å². The topological polar surface area (TPSA) is 117 Å². The Morgan fingerprint density at radius 2 is 1.80 bits per heavy atom. The van der Waals surface area contributed by atoms with Crippen molar-refractivity contribution in [2.45, 2.75) is 13.0 Å². The van der Waals surface area contributed by atoms with E-state index in [-0.39, 0.29) is 36.3 Å². The van der Waals surface area contributed by atoms with Gasteiger partial charge in [0.05, 0.1) is 6.42 Å². The SMILES string of the molecule is Nc1nc(N)nc(COC(=O)Cc2ccccc2F)n1. The van der Waals surface area contributed by atoms with Crippen LogP contribution < -0.4 is 11.5 Å². The van der Waals surface area contributed by atoms with E-state index in [9.17, 15) is 9.18 Å². The van der Waals surface area contributed by atoms with Crippen molar-refractivity contribution in [1.82, 2.24) is 15.0 Å². The number of esters is 1. The molecular weight excluding hydrogens is 265 g/mol. The lowest BCUT2D eigenvalue weighted by molar-refractivity contribution is -0.144.